The van der Waals surface area contributed by atoms with E-state index < -0.39 is 91.7 Å². The predicted octanol–water partition coefficient (Wildman–Crippen LogP) is 0.192. The molecule has 0 bridgehead atoms. The number of rotatable bonds is 30. The zero-order valence-electron chi connectivity index (χ0n) is 52.0. The number of carbonyl (C=O) groups is 3. The number of aromatic nitrogens is 9. The van der Waals surface area contributed by atoms with Gasteiger partial charge < -0.3 is 84.4 Å². The van der Waals surface area contributed by atoms with E-state index >= 15 is 0 Å². The van der Waals surface area contributed by atoms with Gasteiger partial charge in [0, 0.05) is 113 Å². The fourth-order valence-electron chi connectivity index (χ4n) is 12.6. The van der Waals surface area contributed by atoms with Crippen LogP contribution in [0.2, 0.25) is 0 Å². The molecule has 3 amide bonds. The molecule has 2 fully saturated rings. The molecule has 10 rings (SSSR count). The predicted molar refractivity (Wildman–Crippen MR) is 324 cm³/mol. The highest BCUT2D eigenvalue weighted by molar-refractivity contribution is 6.02. The van der Waals surface area contributed by atoms with E-state index in [1.54, 1.807) is 10.9 Å². The zero-order chi connectivity index (χ0) is 64.5. The molecular formula is C61H83N15O15. The van der Waals surface area contributed by atoms with Gasteiger partial charge in [-0.25, -0.2) is 14.0 Å². The molecule has 8 N–H and O–H groups in total. The van der Waals surface area contributed by atoms with Gasteiger partial charge in [0.2, 0.25) is 11.8 Å². The first-order chi connectivity index (χ1) is 44.0. The third-order valence-electron chi connectivity index (χ3n) is 17.0. The Morgan fingerprint density at radius 2 is 1.03 bits per heavy atom. The van der Waals surface area contributed by atoms with Crippen molar-refractivity contribution in [2.45, 2.75) is 134 Å². The third-order valence-corrected chi connectivity index (χ3v) is 17.0. The van der Waals surface area contributed by atoms with E-state index in [0.717, 1.165) is 54.2 Å². The average molecular weight is 1270 g/mol. The number of hydrogen-bond donors (Lipinski definition) is 8. The standard InChI is InChI=1S/C61H83N15O15/c1-7-71(8-2)42-15-17-46-48(27-42)89-49-28-43(72(9-3)10-4)16-18-47(49)61(46)45-14-12-11-13-44(45)58(85)74(61)20-22-87-24-26-88-25-23-86-21-19-73-32-39(64-67-73)29-70(30-40-33-75(68-65-40)59-52(62-37(5)79)56(83)54(81)50(35-77)90-59)31-41-34-76(69-66-41)60-53(63-38(6)80)57(84)55(82)51(36-78)91-60/h11-18,27-28,32-34,50-57,59-60,77-78,81-84H,7-10,19-26,29-31,35-36H2,1-6H3,(H,62,79)(H,63,80)/t50-,51-,52-,53-,54+,55+,56+,57+,59?,60?/m1/s1. The Kier molecular flexibility index (Phi) is 21.7. The molecule has 6 aromatic rings. The lowest BCUT2D eigenvalue weighted by molar-refractivity contribution is -0.219. The van der Waals surface area contributed by atoms with E-state index in [-0.39, 0.29) is 45.4 Å². The second-order valence-corrected chi connectivity index (χ2v) is 22.8. The first-order valence-electron chi connectivity index (χ1n) is 30.9. The largest absolute Gasteiger partial charge is 0.456 e. The zero-order valence-corrected chi connectivity index (χ0v) is 52.0. The van der Waals surface area contributed by atoms with Crippen LogP contribution in [0.5, 0.6) is 11.5 Å². The van der Waals surface area contributed by atoms with Crippen molar-refractivity contribution in [3.63, 3.8) is 0 Å². The maximum absolute atomic E-state index is 14.7. The van der Waals surface area contributed by atoms with Gasteiger partial charge in [-0.15, -0.1) is 15.3 Å². The van der Waals surface area contributed by atoms with Crippen molar-refractivity contribution in [1.82, 2.24) is 65.4 Å². The third kappa shape index (κ3) is 14.1. The summed E-state index contributed by atoms with van der Waals surface area (Å²) in [7, 11) is 0. The van der Waals surface area contributed by atoms with Crippen molar-refractivity contribution in [2.75, 3.05) is 95.4 Å². The highest BCUT2D eigenvalue weighted by Crippen LogP contribution is 2.58. The van der Waals surface area contributed by atoms with Crippen LogP contribution in [0.4, 0.5) is 11.4 Å². The van der Waals surface area contributed by atoms with Crippen LogP contribution in [0, 0.1) is 0 Å². The molecule has 0 radical (unpaired) electrons. The molecular weight excluding hydrogens is 1180 g/mol. The van der Waals surface area contributed by atoms with E-state index in [1.165, 1.54) is 35.6 Å². The highest BCUT2D eigenvalue weighted by atomic mass is 16.6. The van der Waals surface area contributed by atoms with Gasteiger partial charge in [0.1, 0.15) is 65.7 Å². The molecule has 91 heavy (non-hydrogen) atoms. The molecule has 7 heterocycles. The summed E-state index contributed by atoms with van der Waals surface area (Å²) < 4.78 is 40.9. The van der Waals surface area contributed by atoms with Crippen LogP contribution < -0.4 is 25.2 Å². The molecule has 3 aromatic carbocycles. The highest BCUT2D eigenvalue weighted by Gasteiger charge is 2.56. The van der Waals surface area contributed by atoms with Crippen molar-refractivity contribution >= 4 is 29.1 Å². The van der Waals surface area contributed by atoms with Crippen LogP contribution in [0.1, 0.15) is 98.1 Å². The number of hydrogen-bond acceptors (Lipinski definition) is 24. The fraction of sp³-hybridized carbons (Fsp3) is 0.557. The number of nitrogens with zero attached hydrogens (tertiary/aromatic N) is 13. The molecule has 0 aliphatic carbocycles. The number of aliphatic hydroxyl groups excluding tert-OH is 6. The summed E-state index contributed by atoms with van der Waals surface area (Å²) in [6.07, 6.45) is -5.97. The lowest BCUT2D eigenvalue weighted by Crippen LogP contribution is -2.62. The number of fused-ring (bicyclic) bond motifs is 6. The summed E-state index contributed by atoms with van der Waals surface area (Å²) in [4.78, 5) is 47.4. The van der Waals surface area contributed by atoms with Gasteiger partial charge in [-0.3, -0.25) is 19.3 Å². The normalized spacial score (nSPS) is 23.2. The minimum Gasteiger partial charge on any atom is -0.456 e. The van der Waals surface area contributed by atoms with Gasteiger partial charge in [-0.05, 0) is 51.5 Å². The molecule has 1 spiro atoms. The number of carbonyl (C=O) groups excluding carboxylic acids is 3. The van der Waals surface area contributed by atoms with E-state index in [2.05, 4.69) is 122 Å². The Morgan fingerprint density at radius 1 is 0.582 bits per heavy atom. The second kappa shape index (κ2) is 29.8. The number of anilines is 2. The van der Waals surface area contributed by atoms with Crippen molar-refractivity contribution < 1.29 is 73.4 Å². The van der Waals surface area contributed by atoms with Gasteiger partial charge in [-0.2, -0.15) is 0 Å². The van der Waals surface area contributed by atoms with E-state index in [9.17, 15) is 45.0 Å². The van der Waals surface area contributed by atoms with Gasteiger partial charge >= 0.3 is 0 Å². The Labute approximate surface area is 526 Å². The van der Waals surface area contributed by atoms with Gasteiger partial charge in [0.25, 0.3) is 5.91 Å². The molecule has 30 nitrogen and oxygen atoms in total. The van der Waals surface area contributed by atoms with E-state index in [1.807, 2.05) is 28.0 Å². The SMILES string of the molecule is CCN(CC)c1ccc2c(c1)Oc1cc(N(CC)CC)ccc1C21c2ccccc2C(=O)N1CCOCCOCCOCCn1cc(CN(Cc2cn(C3O[C@H](CO)[C@H](O)[C@@H](O)[C@H]3NC(C)=O)nn2)Cc2cn(C3O[C@H](CO)[C@H](O)[C@@H](O)[C@H]3NC(C)=O)nn2)nn1. The molecule has 4 aliphatic rings. The maximum Gasteiger partial charge on any atom is 0.255 e. The van der Waals surface area contributed by atoms with Crippen LogP contribution in [0.25, 0.3) is 0 Å². The molecule has 492 valence electrons. The Morgan fingerprint density at radius 3 is 1.51 bits per heavy atom. The van der Waals surface area contributed by atoms with Crippen molar-refractivity contribution in [3.05, 3.63) is 119 Å². The second-order valence-electron chi connectivity index (χ2n) is 22.8. The maximum atomic E-state index is 14.7. The smallest absolute Gasteiger partial charge is 0.255 e. The van der Waals surface area contributed by atoms with Crippen molar-refractivity contribution in [3.8, 4) is 11.5 Å². The van der Waals surface area contributed by atoms with E-state index in [0.29, 0.717) is 67.1 Å². The minimum absolute atomic E-state index is 0.0836. The molecule has 4 aliphatic heterocycles. The Hall–Kier alpha value is -7.59. The Bertz CT molecular complexity index is 3260. The Balaban J connectivity index is 0.747. The molecule has 0 saturated carbocycles. The monoisotopic (exact) mass is 1270 g/mol. The molecule has 3 aromatic heterocycles. The van der Waals surface area contributed by atoms with Gasteiger partial charge in [0.15, 0.2) is 12.5 Å². The van der Waals surface area contributed by atoms with Gasteiger partial charge in [0.05, 0.1) is 88.9 Å². The minimum atomic E-state index is -1.52. The van der Waals surface area contributed by atoms with Crippen molar-refractivity contribution in [2.24, 2.45) is 0 Å². The summed E-state index contributed by atoms with van der Waals surface area (Å²) in [5.41, 5.74) is 5.75. The summed E-state index contributed by atoms with van der Waals surface area (Å²) in [5, 5.41) is 94.0. The van der Waals surface area contributed by atoms with Crippen LogP contribution in [0.3, 0.4) is 0 Å². The summed E-state index contributed by atoms with van der Waals surface area (Å²) in [6, 6.07) is 18.2. The summed E-state index contributed by atoms with van der Waals surface area (Å²) >= 11 is 0. The van der Waals surface area contributed by atoms with Gasteiger partial charge in [-0.1, -0.05) is 46.0 Å². The molecule has 2 saturated heterocycles. The first kappa shape index (κ1) is 66.3. The van der Waals surface area contributed by atoms with Crippen LogP contribution in [-0.4, -0.2) is 237 Å². The van der Waals surface area contributed by atoms with Crippen molar-refractivity contribution in [1.29, 1.82) is 0 Å². The molecule has 30 heteroatoms. The number of ether oxygens (including phenoxy) is 6. The number of nitrogens with one attached hydrogen (secondary N) is 2. The first-order valence-corrected chi connectivity index (χ1v) is 30.9. The number of benzene rings is 3. The summed E-state index contributed by atoms with van der Waals surface area (Å²) in [5.74, 6) is 0.317. The number of aliphatic hydroxyl groups is 6. The fourth-order valence-corrected chi connectivity index (χ4v) is 12.6. The lowest BCUT2D eigenvalue weighted by atomic mass is 9.74. The van der Waals surface area contributed by atoms with Crippen LogP contribution >= 0.6 is 0 Å². The number of amides is 3. The van der Waals surface area contributed by atoms with Crippen LogP contribution in [0.15, 0.2) is 79.3 Å². The van der Waals surface area contributed by atoms with E-state index in [4.69, 9.17) is 28.4 Å². The van der Waals surface area contributed by atoms with Crippen LogP contribution in [-0.2, 0) is 65.0 Å². The summed E-state index contributed by atoms with van der Waals surface area (Å²) in [6.45, 7) is 15.8. The quantitative estimate of drug-likeness (QED) is 0.0279. The molecule has 10 atom stereocenters. The molecule has 2 unspecified atom stereocenters. The average Bonchev–Trinajstić information content (AvgIpc) is 1.58. The topological polar surface area (TPSA) is 357 Å². The lowest BCUT2D eigenvalue weighted by Gasteiger charge is -2.44.